The van der Waals surface area contributed by atoms with Gasteiger partial charge in [0.25, 0.3) is 5.89 Å². The number of nitrogens with two attached hydrogens (primary N) is 1. The molecular formula is C9H11N3O2S. The number of aromatic nitrogens is 2. The zero-order valence-corrected chi connectivity index (χ0v) is 8.99. The zero-order chi connectivity index (χ0) is 10.8. The van der Waals surface area contributed by atoms with Gasteiger partial charge in [-0.2, -0.15) is 16.3 Å². The molecule has 0 saturated heterocycles. The molecule has 15 heavy (non-hydrogen) atoms. The molecule has 0 bridgehead atoms. The van der Waals surface area contributed by atoms with Gasteiger partial charge in [0.2, 0.25) is 0 Å². The lowest BCUT2D eigenvalue weighted by Gasteiger charge is -1.98. The minimum atomic E-state index is -0.582. The molecule has 2 heterocycles. The van der Waals surface area contributed by atoms with E-state index in [1.54, 1.807) is 11.3 Å². The van der Waals surface area contributed by atoms with E-state index in [2.05, 4.69) is 10.1 Å². The van der Waals surface area contributed by atoms with Gasteiger partial charge in [0.1, 0.15) is 0 Å². The van der Waals surface area contributed by atoms with Crippen LogP contribution in [-0.2, 0) is 0 Å². The van der Waals surface area contributed by atoms with Gasteiger partial charge >= 0.3 is 0 Å². The van der Waals surface area contributed by atoms with Crippen LogP contribution in [0.3, 0.4) is 0 Å². The lowest BCUT2D eigenvalue weighted by molar-refractivity contribution is 0.260. The number of hydrogen-bond donors (Lipinski definition) is 2. The predicted octanol–water partition coefficient (Wildman–Crippen LogP) is 1.10. The van der Waals surface area contributed by atoms with Crippen LogP contribution < -0.4 is 5.73 Å². The van der Waals surface area contributed by atoms with E-state index in [0.29, 0.717) is 11.7 Å². The Morgan fingerprint density at radius 1 is 1.60 bits per heavy atom. The third-order valence-electron chi connectivity index (χ3n) is 2.06. The molecule has 2 rings (SSSR count). The van der Waals surface area contributed by atoms with Crippen LogP contribution in [0, 0.1) is 6.92 Å². The monoisotopic (exact) mass is 225 g/mol. The van der Waals surface area contributed by atoms with Crippen LogP contribution in [0.25, 0.3) is 11.5 Å². The van der Waals surface area contributed by atoms with Crippen molar-refractivity contribution in [3.63, 3.8) is 0 Å². The van der Waals surface area contributed by atoms with Crippen molar-refractivity contribution < 1.29 is 9.63 Å². The first-order valence-corrected chi connectivity index (χ1v) is 5.40. The number of nitrogens with zero attached hydrogens (tertiary/aromatic N) is 2. The average molecular weight is 225 g/mol. The second-order valence-corrected chi connectivity index (χ2v) is 3.96. The molecule has 0 amide bonds. The molecule has 0 aliphatic carbocycles. The summed E-state index contributed by atoms with van der Waals surface area (Å²) in [6, 6.07) is -0.582. The Kier molecular flexibility index (Phi) is 2.81. The molecule has 1 unspecified atom stereocenters. The molecule has 0 aliphatic heterocycles. The second kappa shape index (κ2) is 4.09. The van der Waals surface area contributed by atoms with Crippen molar-refractivity contribution in [2.45, 2.75) is 13.0 Å². The number of hydrogen-bond acceptors (Lipinski definition) is 6. The fraction of sp³-hybridized carbons (Fsp3) is 0.333. The lowest BCUT2D eigenvalue weighted by atomic mass is 10.2. The number of thiophene rings is 1. The van der Waals surface area contributed by atoms with Crippen molar-refractivity contribution in [3.8, 4) is 11.5 Å². The Bertz CT molecular complexity index is 452. The molecule has 0 fully saturated rings. The third-order valence-corrected chi connectivity index (χ3v) is 2.92. The molecule has 0 saturated carbocycles. The summed E-state index contributed by atoms with van der Waals surface area (Å²) >= 11 is 1.58. The highest BCUT2D eigenvalue weighted by molar-refractivity contribution is 7.08. The molecule has 0 aromatic carbocycles. The van der Waals surface area contributed by atoms with Gasteiger partial charge in [-0.15, -0.1) is 0 Å². The number of aliphatic hydroxyl groups excluding tert-OH is 1. The Labute approximate surface area is 90.5 Å². The maximum Gasteiger partial charge on any atom is 0.259 e. The fourth-order valence-electron chi connectivity index (χ4n) is 1.16. The normalized spacial score (nSPS) is 13.0. The number of rotatable bonds is 3. The minimum absolute atomic E-state index is 0.193. The summed E-state index contributed by atoms with van der Waals surface area (Å²) in [5, 5.41) is 16.5. The average Bonchev–Trinajstić information content (AvgIpc) is 2.84. The van der Waals surface area contributed by atoms with E-state index in [9.17, 15) is 0 Å². The summed E-state index contributed by atoms with van der Waals surface area (Å²) < 4.78 is 5.07. The van der Waals surface area contributed by atoms with Gasteiger partial charge < -0.3 is 15.4 Å². The third kappa shape index (κ3) is 1.92. The lowest BCUT2D eigenvalue weighted by Crippen LogP contribution is -2.15. The molecule has 0 spiro atoms. The molecule has 2 aromatic rings. The van der Waals surface area contributed by atoms with E-state index in [1.165, 1.54) is 0 Å². The summed E-state index contributed by atoms with van der Waals surface area (Å²) in [7, 11) is 0. The summed E-state index contributed by atoms with van der Waals surface area (Å²) in [6.45, 7) is 1.78. The largest absolute Gasteiger partial charge is 0.394 e. The van der Waals surface area contributed by atoms with Gasteiger partial charge in [-0.25, -0.2) is 0 Å². The van der Waals surface area contributed by atoms with Crippen LogP contribution in [0.4, 0.5) is 0 Å². The summed E-state index contributed by atoms with van der Waals surface area (Å²) in [4.78, 5) is 4.13. The van der Waals surface area contributed by atoms with Crippen molar-refractivity contribution in [2.75, 3.05) is 6.61 Å². The molecule has 3 N–H and O–H groups in total. The molecule has 6 heteroatoms. The molecule has 80 valence electrons. The number of aryl methyl sites for hydroxylation is 1. The van der Waals surface area contributed by atoms with Crippen LogP contribution in [0.2, 0.25) is 0 Å². The van der Waals surface area contributed by atoms with Crippen LogP contribution in [0.1, 0.15) is 17.4 Å². The zero-order valence-electron chi connectivity index (χ0n) is 8.17. The quantitative estimate of drug-likeness (QED) is 0.817. The van der Waals surface area contributed by atoms with Gasteiger partial charge in [-0.05, 0) is 17.9 Å². The number of aliphatic hydroxyl groups is 1. The van der Waals surface area contributed by atoms with Crippen molar-refractivity contribution in [1.82, 2.24) is 10.1 Å². The smallest absolute Gasteiger partial charge is 0.259 e. The van der Waals surface area contributed by atoms with E-state index in [1.807, 2.05) is 17.7 Å². The van der Waals surface area contributed by atoms with E-state index >= 15 is 0 Å². The van der Waals surface area contributed by atoms with Gasteiger partial charge in [0.15, 0.2) is 5.82 Å². The Morgan fingerprint density at radius 2 is 2.40 bits per heavy atom. The summed E-state index contributed by atoms with van der Waals surface area (Å²) in [5.41, 5.74) is 7.58. The Hall–Kier alpha value is -1.24. The molecule has 0 radical (unpaired) electrons. The van der Waals surface area contributed by atoms with Crippen LogP contribution in [0.15, 0.2) is 15.3 Å². The first kappa shape index (κ1) is 10.3. The SMILES string of the molecule is Cc1cscc1-c1nc(C(N)CO)no1. The maximum absolute atomic E-state index is 8.84. The first-order chi connectivity index (χ1) is 7.22. The van der Waals surface area contributed by atoms with E-state index in [0.717, 1.165) is 11.1 Å². The van der Waals surface area contributed by atoms with E-state index < -0.39 is 6.04 Å². The van der Waals surface area contributed by atoms with Gasteiger partial charge in [-0.1, -0.05) is 5.16 Å². The summed E-state index contributed by atoms with van der Waals surface area (Å²) in [6.07, 6.45) is 0. The topological polar surface area (TPSA) is 85.2 Å². The van der Waals surface area contributed by atoms with Crippen LogP contribution >= 0.6 is 11.3 Å². The standard InChI is InChI=1S/C9H11N3O2S/c1-5-3-15-4-6(5)9-11-8(12-14-9)7(10)2-13/h3-4,7,13H,2,10H2,1H3. The molecular weight excluding hydrogens is 214 g/mol. The highest BCUT2D eigenvalue weighted by Gasteiger charge is 2.15. The first-order valence-electron chi connectivity index (χ1n) is 4.45. The Morgan fingerprint density at radius 3 is 3.00 bits per heavy atom. The van der Waals surface area contributed by atoms with E-state index in [-0.39, 0.29) is 6.61 Å². The highest BCUT2D eigenvalue weighted by atomic mass is 32.1. The second-order valence-electron chi connectivity index (χ2n) is 3.22. The fourth-order valence-corrected chi connectivity index (χ4v) is 1.98. The van der Waals surface area contributed by atoms with Crippen molar-refractivity contribution >= 4 is 11.3 Å². The van der Waals surface area contributed by atoms with Gasteiger partial charge in [0, 0.05) is 5.38 Å². The van der Waals surface area contributed by atoms with Crippen LogP contribution in [-0.4, -0.2) is 21.9 Å². The van der Waals surface area contributed by atoms with E-state index in [4.69, 9.17) is 15.4 Å². The molecule has 1 atom stereocenters. The minimum Gasteiger partial charge on any atom is -0.394 e. The Balaban J connectivity index is 2.32. The van der Waals surface area contributed by atoms with Crippen molar-refractivity contribution in [1.29, 1.82) is 0 Å². The van der Waals surface area contributed by atoms with Gasteiger partial charge in [-0.3, -0.25) is 0 Å². The van der Waals surface area contributed by atoms with Crippen molar-refractivity contribution in [3.05, 3.63) is 22.1 Å². The van der Waals surface area contributed by atoms with Crippen LogP contribution in [0.5, 0.6) is 0 Å². The van der Waals surface area contributed by atoms with Crippen molar-refractivity contribution in [2.24, 2.45) is 5.73 Å². The highest BCUT2D eigenvalue weighted by Crippen LogP contribution is 2.25. The molecule has 2 aromatic heterocycles. The van der Waals surface area contributed by atoms with Gasteiger partial charge in [0.05, 0.1) is 18.2 Å². The predicted molar refractivity (Wildman–Crippen MR) is 56.4 cm³/mol. The molecule has 0 aliphatic rings. The summed E-state index contributed by atoms with van der Waals surface area (Å²) in [5.74, 6) is 0.783. The maximum atomic E-state index is 8.84. The molecule has 5 nitrogen and oxygen atoms in total.